The highest BCUT2D eigenvalue weighted by Gasteiger charge is 2.16. The van der Waals surface area contributed by atoms with Gasteiger partial charge in [-0.25, -0.2) is 14.4 Å². The molecule has 2 aromatic heterocycles. The van der Waals surface area contributed by atoms with E-state index in [4.69, 9.17) is 5.73 Å². The Kier molecular flexibility index (Phi) is 4.30. The van der Waals surface area contributed by atoms with Gasteiger partial charge < -0.3 is 11.1 Å². The van der Waals surface area contributed by atoms with Crippen LogP contribution < -0.4 is 11.1 Å². The van der Waals surface area contributed by atoms with Crippen LogP contribution in [0.4, 0.5) is 10.2 Å². The van der Waals surface area contributed by atoms with Crippen molar-refractivity contribution in [2.45, 2.75) is 6.54 Å². The molecule has 1 amide bonds. The second kappa shape index (κ2) is 6.55. The van der Waals surface area contributed by atoms with E-state index in [-0.39, 0.29) is 12.1 Å². The highest BCUT2D eigenvalue weighted by molar-refractivity contribution is 6.04. The fourth-order valence-electron chi connectivity index (χ4n) is 2.30. The van der Waals surface area contributed by atoms with E-state index < -0.39 is 11.7 Å². The summed E-state index contributed by atoms with van der Waals surface area (Å²) >= 11 is 0. The minimum atomic E-state index is -0.634. The summed E-state index contributed by atoms with van der Waals surface area (Å²) in [4.78, 5) is 20.1. The van der Waals surface area contributed by atoms with Crippen molar-refractivity contribution in [2.24, 2.45) is 12.8 Å². The lowest BCUT2D eigenvalue weighted by molar-refractivity contribution is 0.102. The molecule has 0 radical (unpaired) electrons. The van der Waals surface area contributed by atoms with E-state index in [1.807, 2.05) is 0 Å². The van der Waals surface area contributed by atoms with Crippen LogP contribution in [0.3, 0.4) is 0 Å². The van der Waals surface area contributed by atoms with Crippen LogP contribution in [0.1, 0.15) is 15.9 Å². The number of hydrogen-bond donors (Lipinski definition) is 2. The summed E-state index contributed by atoms with van der Waals surface area (Å²) in [5, 5.41) is 6.67. The van der Waals surface area contributed by atoms with Gasteiger partial charge in [-0.1, -0.05) is 6.07 Å². The zero-order valence-electron chi connectivity index (χ0n) is 12.9. The second-order valence-corrected chi connectivity index (χ2v) is 5.12. The molecule has 3 N–H and O–H groups in total. The first-order valence-electron chi connectivity index (χ1n) is 7.17. The number of nitrogens with zero attached hydrogens (tertiary/aromatic N) is 4. The molecule has 0 spiro atoms. The minimum Gasteiger partial charge on any atom is -0.326 e. The molecule has 0 aliphatic heterocycles. The summed E-state index contributed by atoms with van der Waals surface area (Å²) in [6, 6.07) is 4.34. The number of hydrogen-bond acceptors (Lipinski definition) is 5. The van der Waals surface area contributed by atoms with Crippen molar-refractivity contribution in [1.29, 1.82) is 0 Å². The first kappa shape index (κ1) is 15.8. The smallest absolute Gasteiger partial charge is 0.259 e. The third-order valence-electron chi connectivity index (χ3n) is 3.57. The predicted octanol–water partition coefficient (Wildman–Crippen LogP) is 1.73. The largest absolute Gasteiger partial charge is 0.326 e. The van der Waals surface area contributed by atoms with E-state index in [0.29, 0.717) is 22.5 Å². The zero-order chi connectivity index (χ0) is 17.1. The normalized spacial score (nSPS) is 10.6. The van der Waals surface area contributed by atoms with Crippen molar-refractivity contribution < 1.29 is 9.18 Å². The SMILES string of the molecule is Cn1ncc(CN)c1NC(=O)c1ccc(-c2cncnc2)cc1F. The summed E-state index contributed by atoms with van der Waals surface area (Å²) in [6.45, 7) is 0.221. The Morgan fingerprint density at radius 1 is 1.25 bits per heavy atom. The third-order valence-corrected chi connectivity index (χ3v) is 3.57. The van der Waals surface area contributed by atoms with E-state index >= 15 is 0 Å². The average molecular weight is 326 g/mol. The van der Waals surface area contributed by atoms with Crippen LogP contribution in [-0.4, -0.2) is 25.7 Å². The molecular weight excluding hydrogens is 311 g/mol. The summed E-state index contributed by atoms with van der Waals surface area (Å²) in [5.41, 5.74) is 7.46. The van der Waals surface area contributed by atoms with Gasteiger partial charge in [0, 0.05) is 37.1 Å². The molecule has 2 heterocycles. The number of benzene rings is 1. The number of halogens is 1. The molecule has 122 valence electrons. The predicted molar refractivity (Wildman–Crippen MR) is 86.5 cm³/mol. The average Bonchev–Trinajstić information content (AvgIpc) is 2.95. The number of rotatable bonds is 4. The number of carbonyl (C=O) groups is 1. The molecule has 8 heteroatoms. The van der Waals surface area contributed by atoms with Crippen molar-refractivity contribution >= 4 is 11.7 Å². The maximum absolute atomic E-state index is 14.3. The number of aryl methyl sites for hydroxylation is 1. The van der Waals surface area contributed by atoms with E-state index in [1.165, 1.54) is 23.1 Å². The maximum atomic E-state index is 14.3. The Bertz CT molecular complexity index is 878. The third kappa shape index (κ3) is 2.99. The van der Waals surface area contributed by atoms with Gasteiger partial charge in [0.25, 0.3) is 5.91 Å². The molecule has 3 aromatic rings. The number of anilines is 1. The van der Waals surface area contributed by atoms with Crippen LogP contribution in [0.25, 0.3) is 11.1 Å². The van der Waals surface area contributed by atoms with Gasteiger partial charge in [0.15, 0.2) is 0 Å². The lowest BCUT2D eigenvalue weighted by Crippen LogP contribution is -2.17. The molecule has 0 unspecified atom stereocenters. The van der Waals surface area contributed by atoms with Crippen LogP contribution in [0.5, 0.6) is 0 Å². The van der Waals surface area contributed by atoms with Gasteiger partial charge in [0.05, 0.1) is 11.8 Å². The van der Waals surface area contributed by atoms with Gasteiger partial charge in [-0.2, -0.15) is 5.10 Å². The Morgan fingerprint density at radius 2 is 2.00 bits per heavy atom. The monoisotopic (exact) mass is 326 g/mol. The standard InChI is InChI=1S/C16H15FN6O/c1-23-15(11(5-18)8-21-23)22-16(24)13-3-2-10(4-14(13)17)12-6-19-9-20-7-12/h2-4,6-9H,5,18H2,1H3,(H,22,24). The molecule has 0 aliphatic carbocycles. The maximum Gasteiger partial charge on any atom is 0.259 e. The summed E-state index contributed by atoms with van der Waals surface area (Å²) in [6.07, 6.45) is 6.10. The quantitative estimate of drug-likeness (QED) is 0.761. The second-order valence-electron chi connectivity index (χ2n) is 5.12. The van der Waals surface area contributed by atoms with Crippen LogP contribution in [0.2, 0.25) is 0 Å². The molecule has 7 nitrogen and oxygen atoms in total. The fourth-order valence-corrected chi connectivity index (χ4v) is 2.30. The van der Waals surface area contributed by atoms with Crippen molar-refractivity contribution in [3.8, 4) is 11.1 Å². The van der Waals surface area contributed by atoms with Crippen molar-refractivity contribution in [2.75, 3.05) is 5.32 Å². The lowest BCUT2D eigenvalue weighted by Gasteiger charge is -2.09. The Balaban J connectivity index is 1.87. The summed E-state index contributed by atoms with van der Waals surface area (Å²) < 4.78 is 15.8. The number of carbonyl (C=O) groups excluding carboxylic acids is 1. The number of nitrogens with one attached hydrogen (secondary N) is 1. The molecule has 0 saturated carbocycles. The molecule has 24 heavy (non-hydrogen) atoms. The van der Waals surface area contributed by atoms with Crippen molar-refractivity contribution in [1.82, 2.24) is 19.7 Å². The van der Waals surface area contributed by atoms with Gasteiger partial charge in [-0.05, 0) is 17.7 Å². The molecular formula is C16H15FN6O. The topological polar surface area (TPSA) is 98.7 Å². The summed E-state index contributed by atoms with van der Waals surface area (Å²) in [5.74, 6) is -0.755. The first-order chi connectivity index (χ1) is 11.6. The van der Waals surface area contributed by atoms with Gasteiger partial charge in [-0.3, -0.25) is 9.48 Å². The number of aromatic nitrogens is 4. The molecule has 0 saturated heterocycles. The van der Waals surface area contributed by atoms with E-state index in [9.17, 15) is 9.18 Å². The molecule has 1 aromatic carbocycles. The molecule has 0 fully saturated rings. The van der Waals surface area contributed by atoms with Gasteiger partial charge in [0.1, 0.15) is 18.0 Å². The van der Waals surface area contributed by atoms with Gasteiger partial charge >= 0.3 is 0 Å². The minimum absolute atomic E-state index is 0.0697. The molecule has 0 bridgehead atoms. The van der Waals surface area contributed by atoms with E-state index in [0.717, 1.165) is 0 Å². The number of nitrogens with two attached hydrogens (primary N) is 1. The molecule has 0 aliphatic rings. The Hall–Kier alpha value is -3.13. The summed E-state index contributed by atoms with van der Waals surface area (Å²) in [7, 11) is 1.67. The first-order valence-corrected chi connectivity index (χ1v) is 7.17. The lowest BCUT2D eigenvalue weighted by atomic mass is 10.1. The highest BCUT2D eigenvalue weighted by atomic mass is 19.1. The van der Waals surface area contributed by atoms with Crippen molar-refractivity contribution in [3.63, 3.8) is 0 Å². The zero-order valence-corrected chi connectivity index (χ0v) is 12.9. The fraction of sp³-hybridized carbons (Fsp3) is 0.125. The van der Waals surface area contributed by atoms with Crippen molar-refractivity contribution in [3.05, 3.63) is 60.1 Å². The van der Waals surface area contributed by atoms with E-state index in [2.05, 4.69) is 20.4 Å². The Morgan fingerprint density at radius 3 is 2.67 bits per heavy atom. The van der Waals surface area contributed by atoms with Crippen LogP contribution in [0, 0.1) is 5.82 Å². The van der Waals surface area contributed by atoms with Crippen LogP contribution in [0.15, 0.2) is 43.1 Å². The van der Waals surface area contributed by atoms with Gasteiger partial charge in [0.2, 0.25) is 0 Å². The number of amides is 1. The highest BCUT2D eigenvalue weighted by Crippen LogP contribution is 2.22. The molecule has 3 rings (SSSR count). The van der Waals surface area contributed by atoms with Gasteiger partial charge in [-0.15, -0.1) is 0 Å². The Labute approximate surface area is 137 Å². The van der Waals surface area contributed by atoms with E-state index in [1.54, 1.807) is 31.7 Å². The van der Waals surface area contributed by atoms with Crippen LogP contribution >= 0.6 is 0 Å². The molecule has 0 atom stereocenters. The van der Waals surface area contributed by atoms with Crippen LogP contribution in [-0.2, 0) is 13.6 Å².